The molecule has 1 heterocycles. The van der Waals surface area contributed by atoms with E-state index < -0.39 is 11.9 Å². The third-order valence-electron chi connectivity index (χ3n) is 3.07. The largest absolute Gasteiger partial charge is 0.454 e. The van der Waals surface area contributed by atoms with Crippen LogP contribution in [-0.4, -0.2) is 24.5 Å². The van der Waals surface area contributed by atoms with Crippen LogP contribution in [0.1, 0.15) is 0 Å². The number of ether oxygens (including phenoxy) is 2. The van der Waals surface area contributed by atoms with Crippen LogP contribution in [0.4, 0.5) is 14.9 Å². The predicted molar refractivity (Wildman–Crippen MR) is 86.9 cm³/mol. The first-order valence-corrected chi connectivity index (χ1v) is 7.97. The Bertz CT molecular complexity index is 767. The molecule has 1 aliphatic rings. The van der Waals surface area contributed by atoms with Gasteiger partial charge in [-0.05, 0) is 36.4 Å². The quantitative estimate of drug-likeness (QED) is 0.831. The van der Waals surface area contributed by atoms with E-state index in [4.69, 9.17) is 9.47 Å². The molecule has 3 rings (SSSR count). The van der Waals surface area contributed by atoms with Crippen LogP contribution in [0.2, 0.25) is 0 Å². The fourth-order valence-corrected chi connectivity index (χ4v) is 2.68. The number of amides is 3. The minimum atomic E-state index is -0.640. The molecule has 6 nitrogen and oxygen atoms in total. The normalized spacial score (nSPS) is 11.9. The number of carbonyl (C=O) groups excluding carboxylic acids is 2. The summed E-state index contributed by atoms with van der Waals surface area (Å²) in [6.45, 7) is 0.143. The second kappa shape index (κ2) is 7.22. The molecule has 24 heavy (non-hydrogen) atoms. The summed E-state index contributed by atoms with van der Waals surface area (Å²) in [5.74, 6) is 0.383. The lowest BCUT2D eigenvalue weighted by Gasteiger charge is -2.07. The van der Waals surface area contributed by atoms with Crippen molar-refractivity contribution in [2.75, 3.05) is 17.9 Å². The van der Waals surface area contributed by atoms with E-state index in [9.17, 15) is 14.0 Å². The van der Waals surface area contributed by atoms with Gasteiger partial charge in [-0.3, -0.25) is 10.1 Å². The Morgan fingerprint density at radius 1 is 1.08 bits per heavy atom. The molecule has 0 saturated heterocycles. The molecule has 1 aliphatic heterocycles. The molecule has 3 amide bonds. The van der Waals surface area contributed by atoms with E-state index in [1.54, 1.807) is 30.3 Å². The highest BCUT2D eigenvalue weighted by Crippen LogP contribution is 2.34. The van der Waals surface area contributed by atoms with Crippen LogP contribution in [0.25, 0.3) is 0 Å². The lowest BCUT2D eigenvalue weighted by Crippen LogP contribution is -2.35. The number of nitrogens with one attached hydrogen (secondary N) is 2. The van der Waals surface area contributed by atoms with E-state index in [0.717, 1.165) is 4.90 Å². The SMILES string of the molecule is O=C(CSc1ccc(F)cc1)NC(=O)Nc1ccc2c(c1)OCO2. The smallest absolute Gasteiger partial charge is 0.325 e. The van der Waals surface area contributed by atoms with Crippen molar-refractivity contribution in [3.8, 4) is 11.5 Å². The number of fused-ring (bicyclic) bond motifs is 1. The molecule has 2 aromatic carbocycles. The molecule has 0 radical (unpaired) electrons. The third kappa shape index (κ3) is 4.17. The molecule has 0 aromatic heterocycles. The summed E-state index contributed by atoms with van der Waals surface area (Å²) >= 11 is 1.21. The number of halogens is 1. The summed E-state index contributed by atoms with van der Waals surface area (Å²) in [4.78, 5) is 24.3. The average Bonchev–Trinajstić information content (AvgIpc) is 3.02. The van der Waals surface area contributed by atoms with Crippen LogP contribution in [0.15, 0.2) is 47.4 Å². The molecule has 124 valence electrons. The zero-order valence-electron chi connectivity index (χ0n) is 12.4. The monoisotopic (exact) mass is 348 g/mol. The fourth-order valence-electron chi connectivity index (χ4n) is 1.98. The number of rotatable bonds is 4. The van der Waals surface area contributed by atoms with Crippen molar-refractivity contribution in [1.82, 2.24) is 5.32 Å². The van der Waals surface area contributed by atoms with Crippen LogP contribution in [-0.2, 0) is 4.79 Å². The van der Waals surface area contributed by atoms with Crippen molar-refractivity contribution in [2.45, 2.75) is 4.90 Å². The van der Waals surface area contributed by atoms with E-state index in [0.29, 0.717) is 17.2 Å². The average molecular weight is 348 g/mol. The highest BCUT2D eigenvalue weighted by atomic mass is 32.2. The second-order valence-corrected chi connectivity index (χ2v) is 5.86. The molecule has 0 saturated carbocycles. The zero-order chi connectivity index (χ0) is 16.9. The van der Waals surface area contributed by atoms with Gasteiger partial charge in [0.2, 0.25) is 12.7 Å². The Hall–Kier alpha value is -2.74. The van der Waals surface area contributed by atoms with Gasteiger partial charge in [-0.15, -0.1) is 11.8 Å². The van der Waals surface area contributed by atoms with Crippen LogP contribution in [0.3, 0.4) is 0 Å². The number of hydrogen-bond donors (Lipinski definition) is 2. The van der Waals surface area contributed by atoms with Crippen molar-refractivity contribution in [1.29, 1.82) is 0 Å². The van der Waals surface area contributed by atoms with Crippen molar-refractivity contribution in [3.63, 3.8) is 0 Å². The highest BCUT2D eigenvalue weighted by Gasteiger charge is 2.15. The van der Waals surface area contributed by atoms with E-state index in [-0.39, 0.29) is 18.4 Å². The van der Waals surface area contributed by atoms with E-state index in [2.05, 4.69) is 10.6 Å². The molecule has 0 fully saturated rings. The summed E-state index contributed by atoms with van der Waals surface area (Å²) in [5, 5.41) is 4.76. The van der Waals surface area contributed by atoms with E-state index in [1.165, 1.54) is 23.9 Å². The standard InChI is InChI=1S/C16H13FN2O4S/c17-10-1-4-12(5-2-10)24-8-15(20)19-16(21)18-11-3-6-13-14(7-11)23-9-22-13/h1-7H,8-9H2,(H2,18,19,20,21). The molecule has 0 unspecified atom stereocenters. The fraction of sp³-hybridized carbons (Fsp3) is 0.125. The summed E-state index contributed by atoms with van der Waals surface area (Å²) in [6.07, 6.45) is 0. The molecule has 0 atom stereocenters. The number of imide groups is 1. The maximum atomic E-state index is 12.8. The van der Waals surface area contributed by atoms with Gasteiger partial charge in [0.1, 0.15) is 5.82 Å². The maximum Gasteiger partial charge on any atom is 0.325 e. The van der Waals surface area contributed by atoms with Crippen molar-refractivity contribution in [2.24, 2.45) is 0 Å². The summed E-state index contributed by atoms with van der Waals surface area (Å²) in [6, 6.07) is 10.0. The first-order chi connectivity index (χ1) is 11.6. The number of anilines is 1. The van der Waals surface area contributed by atoms with Gasteiger partial charge in [-0.25, -0.2) is 9.18 Å². The van der Waals surface area contributed by atoms with E-state index >= 15 is 0 Å². The molecule has 2 N–H and O–H groups in total. The van der Waals surface area contributed by atoms with Gasteiger partial charge in [0, 0.05) is 16.6 Å². The Balaban J connectivity index is 1.47. The number of hydrogen-bond acceptors (Lipinski definition) is 5. The molecular weight excluding hydrogens is 335 g/mol. The summed E-state index contributed by atoms with van der Waals surface area (Å²) in [7, 11) is 0. The molecule has 0 aliphatic carbocycles. The van der Waals surface area contributed by atoms with Crippen LogP contribution < -0.4 is 20.1 Å². The highest BCUT2D eigenvalue weighted by molar-refractivity contribution is 8.00. The first kappa shape index (κ1) is 16.1. The summed E-state index contributed by atoms with van der Waals surface area (Å²) < 4.78 is 23.2. The van der Waals surface area contributed by atoms with Crippen LogP contribution >= 0.6 is 11.8 Å². The molecule has 2 aromatic rings. The van der Waals surface area contributed by atoms with Gasteiger partial charge in [0.05, 0.1) is 5.75 Å². The van der Waals surface area contributed by atoms with Gasteiger partial charge in [-0.1, -0.05) is 0 Å². The van der Waals surface area contributed by atoms with Gasteiger partial charge >= 0.3 is 6.03 Å². The lowest BCUT2D eigenvalue weighted by atomic mass is 10.3. The number of urea groups is 1. The third-order valence-corrected chi connectivity index (χ3v) is 4.08. The maximum absolute atomic E-state index is 12.8. The van der Waals surface area contributed by atoms with Gasteiger partial charge in [0.15, 0.2) is 11.5 Å². The van der Waals surface area contributed by atoms with Gasteiger partial charge < -0.3 is 14.8 Å². The molecular formula is C16H13FN2O4S. The van der Waals surface area contributed by atoms with Crippen molar-refractivity contribution < 1.29 is 23.5 Å². The van der Waals surface area contributed by atoms with Crippen LogP contribution in [0.5, 0.6) is 11.5 Å². The Kier molecular flexibility index (Phi) is 4.85. The Morgan fingerprint density at radius 2 is 1.83 bits per heavy atom. The Morgan fingerprint density at radius 3 is 2.62 bits per heavy atom. The lowest BCUT2D eigenvalue weighted by molar-refractivity contribution is -0.117. The zero-order valence-corrected chi connectivity index (χ0v) is 13.2. The minimum absolute atomic E-state index is 0.0419. The number of carbonyl (C=O) groups is 2. The minimum Gasteiger partial charge on any atom is -0.454 e. The molecule has 8 heteroatoms. The molecule has 0 spiro atoms. The van der Waals surface area contributed by atoms with E-state index in [1.807, 2.05) is 0 Å². The van der Waals surface area contributed by atoms with Crippen LogP contribution in [0, 0.1) is 5.82 Å². The van der Waals surface area contributed by atoms with Gasteiger partial charge in [-0.2, -0.15) is 0 Å². The van der Waals surface area contributed by atoms with Gasteiger partial charge in [0.25, 0.3) is 0 Å². The second-order valence-electron chi connectivity index (χ2n) is 4.81. The number of thioether (sulfide) groups is 1. The predicted octanol–water partition coefficient (Wildman–Crippen LogP) is 2.99. The Labute approximate surface area is 141 Å². The molecule has 0 bridgehead atoms. The topological polar surface area (TPSA) is 76.7 Å². The first-order valence-electron chi connectivity index (χ1n) is 6.99. The number of benzene rings is 2. The van der Waals surface area contributed by atoms with Crippen molar-refractivity contribution in [3.05, 3.63) is 48.3 Å². The van der Waals surface area contributed by atoms with Crippen molar-refractivity contribution >= 4 is 29.4 Å². The summed E-state index contributed by atoms with van der Waals surface area (Å²) in [5.41, 5.74) is 0.482.